The number of hydrogen-bond donors (Lipinski definition) is 3. The molecule has 4 nitrogen and oxygen atoms in total. The molecule has 0 rings (SSSR count). The number of hydrogen-bond acceptors (Lipinski definition) is 3. The minimum absolute atomic E-state index is 0.0303. The van der Waals surface area contributed by atoms with E-state index in [1.54, 1.807) is 0 Å². The molecule has 0 heterocycles. The molecule has 0 aliphatic heterocycles. The summed E-state index contributed by atoms with van der Waals surface area (Å²) >= 11 is 0. The number of rotatable bonds is 56. The number of allylic oxidation sites excluding steroid dienone is 8. The molecule has 0 aliphatic carbocycles. The van der Waals surface area contributed by atoms with Crippen molar-refractivity contribution >= 4 is 5.91 Å². The van der Waals surface area contributed by atoms with E-state index in [0.29, 0.717) is 12.8 Å². The van der Waals surface area contributed by atoms with Gasteiger partial charge in [-0.15, -0.1) is 0 Å². The molecule has 2 unspecified atom stereocenters. The van der Waals surface area contributed by atoms with Crippen LogP contribution in [0.3, 0.4) is 0 Å². The van der Waals surface area contributed by atoms with E-state index in [-0.39, 0.29) is 12.5 Å². The molecule has 0 aromatic heterocycles. The highest BCUT2D eigenvalue weighted by molar-refractivity contribution is 5.76. The predicted molar refractivity (Wildman–Crippen MR) is 299 cm³/mol. The van der Waals surface area contributed by atoms with Gasteiger partial charge in [0.1, 0.15) is 0 Å². The Bertz CT molecular complexity index is 1060. The Morgan fingerprint density at radius 2 is 0.657 bits per heavy atom. The molecule has 0 aliphatic rings. The highest BCUT2D eigenvalue weighted by atomic mass is 16.3. The largest absolute Gasteiger partial charge is 0.394 e. The van der Waals surface area contributed by atoms with Crippen molar-refractivity contribution in [2.45, 2.75) is 341 Å². The zero-order valence-electron chi connectivity index (χ0n) is 45.4. The van der Waals surface area contributed by atoms with Gasteiger partial charge in [0.2, 0.25) is 5.91 Å². The summed E-state index contributed by atoms with van der Waals surface area (Å²) in [7, 11) is 0. The maximum Gasteiger partial charge on any atom is 0.220 e. The molecule has 0 spiro atoms. The fourth-order valence-corrected chi connectivity index (χ4v) is 9.53. The summed E-state index contributed by atoms with van der Waals surface area (Å²) in [5.41, 5.74) is 0. The summed E-state index contributed by atoms with van der Waals surface area (Å²) in [4.78, 5) is 12.5. The first-order valence-electron chi connectivity index (χ1n) is 30.3. The highest BCUT2D eigenvalue weighted by Gasteiger charge is 2.20. The minimum atomic E-state index is -0.663. The molecule has 67 heavy (non-hydrogen) atoms. The van der Waals surface area contributed by atoms with Crippen molar-refractivity contribution in [2.24, 2.45) is 0 Å². The molecule has 3 N–H and O–H groups in total. The third kappa shape index (κ3) is 55.2. The van der Waals surface area contributed by atoms with Crippen LogP contribution in [0.1, 0.15) is 328 Å². The van der Waals surface area contributed by atoms with Crippen LogP contribution in [0.25, 0.3) is 0 Å². The number of nitrogens with one attached hydrogen (secondary N) is 1. The van der Waals surface area contributed by atoms with Gasteiger partial charge in [-0.25, -0.2) is 0 Å². The average Bonchev–Trinajstić information content (AvgIpc) is 3.33. The van der Waals surface area contributed by atoms with Crippen LogP contribution in [-0.4, -0.2) is 34.9 Å². The summed E-state index contributed by atoms with van der Waals surface area (Å²) in [5.74, 6) is -0.0303. The van der Waals surface area contributed by atoms with Crippen LogP contribution in [-0.2, 0) is 4.79 Å². The average molecular weight is 939 g/mol. The lowest BCUT2D eigenvalue weighted by Gasteiger charge is -2.22. The second-order valence-electron chi connectivity index (χ2n) is 20.7. The highest BCUT2D eigenvalue weighted by Crippen LogP contribution is 2.18. The van der Waals surface area contributed by atoms with Crippen LogP contribution in [0.4, 0.5) is 0 Å². The van der Waals surface area contributed by atoms with Gasteiger partial charge < -0.3 is 15.5 Å². The van der Waals surface area contributed by atoms with Crippen molar-refractivity contribution in [3.05, 3.63) is 48.6 Å². The molecular weight excluding hydrogens is 819 g/mol. The smallest absolute Gasteiger partial charge is 0.220 e. The second-order valence-corrected chi connectivity index (χ2v) is 20.7. The molecule has 0 aromatic carbocycles. The van der Waals surface area contributed by atoms with Gasteiger partial charge in [0.25, 0.3) is 0 Å². The van der Waals surface area contributed by atoms with Crippen LogP contribution in [0, 0.1) is 0 Å². The number of aliphatic hydroxyl groups excluding tert-OH is 2. The standard InChI is InChI=1S/C63H119NO3/c1-3-5-7-9-11-13-15-17-19-21-23-25-27-29-30-31-32-33-35-36-38-40-42-44-46-48-50-52-54-56-58-62(66)61(60-65)64-63(67)59-57-55-53-51-49-47-45-43-41-39-37-34-28-26-24-22-20-18-16-14-12-10-8-6-4-2/h6,8,12,14,18,20,24,26,61-62,65-66H,3-5,7,9-11,13,15-17,19,21-23,25,27-60H2,1-2H3,(H,64,67)/b8-6-,14-12-,20-18-,26-24-. The van der Waals surface area contributed by atoms with Gasteiger partial charge in [0.15, 0.2) is 0 Å². The van der Waals surface area contributed by atoms with Gasteiger partial charge in [0, 0.05) is 6.42 Å². The van der Waals surface area contributed by atoms with Crippen molar-refractivity contribution in [3.8, 4) is 0 Å². The summed E-state index contributed by atoms with van der Waals surface area (Å²) in [5, 5.41) is 23.4. The Hall–Kier alpha value is -1.65. The molecule has 0 fully saturated rings. The van der Waals surface area contributed by atoms with Gasteiger partial charge in [-0.3, -0.25) is 4.79 Å². The van der Waals surface area contributed by atoms with E-state index in [1.165, 1.54) is 250 Å². The first kappa shape index (κ1) is 65.3. The number of amides is 1. The number of carbonyl (C=O) groups is 1. The number of aliphatic hydroxyl groups is 2. The van der Waals surface area contributed by atoms with Gasteiger partial charge >= 0.3 is 0 Å². The number of carbonyl (C=O) groups excluding carboxylic acids is 1. The van der Waals surface area contributed by atoms with Crippen molar-refractivity contribution in [1.29, 1.82) is 0 Å². The maximum atomic E-state index is 12.5. The summed E-state index contributed by atoms with van der Waals surface area (Å²) in [6.45, 7) is 4.28. The fourth-order valence-electron chi connectivity index (χ4n) is 9.53. The Labute approximate surface area is 420 Å². The van der Waals surface area contributed by atoms with Gasteiger partial charge in [0.05, 0.1) is 18.8 Å². The van der Waals surface area contributed by atoms with Crippen molar-refractivity contribution in [2.75, 3.05) is 6.61 Å². The van der Waals surface area contributed by atoms with Crippen molar-refractivity contribution in [3.63, 3.8) is 0 Å². The van der Waals surface area contributed by atoms with Crippen LogP contribution >= 0.6 is 0 Å². The van der Waals surface area contributed by atoms with Crippen LogP contribution < -0.4 is 5.32 Å². The monoisotopic (exact) mass is 938 g/mol. The Morgan fingerprint density at radius 3 is 0.985 bits per heavy atom. The lowest BCUT2D eigenvalue weighted by atomic mass is 10.0. The summed E-state index contributed by atoms with van der Waals surface area (Å²) in [6.07, 6.45) is 81.2. The molecule has 2 atom stereocenters. The molecule has 0 radical (unpaired) electrons. The Kier molecular flexibility index (Phi) is 57.2. The van der Waals surface area contributed by atoms with Crippen LogP contribution in [0.5, 0.6) is 0 Å². The van der Waals surface area contributed by atoms with Crippen LogP contribution in [0.15, 0.2) is 48.6 Å². The van der Waals surface area contributed by atoms with E-state index in [0.717, 1.165) is 51.4 Å². The molecular formula is C63H119NO3. The zero-order valence-corrected chi connectivity index (χ0v) is 45.4. The molecule has 4 heteroatoms. The molecule has 0 saturated heterocycles. The third-order valence-electron chi connectivity index (χ3n) is 14.1. The zero-order chi connectivity index (χ0) is 48.5. The predicted octanol–water partition coefficient (Wildman–Crippen LogP) is 20.2. The SMILES string of the molecule is CC/C=C\C/C=C\C/C=C\C/C=C\CCCCCCCCCCCCCCC(=O)NC(CO)C(O)CCCCCCCCCCCCCCCCCCCCCCCCCCCCCCCC. The molecule has 0 saturated carbocycles. The molecule has 0 aromatic rings. The van der Waals surface area contributed by atoms with E-state index < -0.39 is 12.1 Å². The van der Waals surface area contributed by atoms with Crippen molar-refractivity contribution in [1.82, 2.24) is 5.32 Å². The first-order chi connectivity index (χ1) is 33.2. The van der Waals surface area contributed by atoms with E-state index >= 15 is 0 Å². The van der Waals surface area contributed by atoms with Crippen LogP contribution in [0.2, 0.25) is 0 Å². The molecule has 0 bridgehead atoms. The van der Waals surface area contributed by atoms with Crippen molar-refractivity contribution < 1.29 is 15.0 Å². The Morgan fingerprint density at radius 1 is 0.373 bits per heavy atom. The van der Waals surface area contributed by atoms with Gasteiger partial charge in [-0.05, 0) is 51.4 Å². The third-order valence-corrected chi connectivity index (χ3v) is 14.1. The van der Waals surface area contributed by atoms with E-state index in [4.69, 9.17) is 0 Å². The topological polar surface area (TPSA) is 69.6 Å². The number of unbranched alkanes of at least 4 members (excludes halogenated alkanes) is 41. The molecule has 1 amide bonds. The van der Waals surface area contributed by atoms with E-state index in [2.05, 4.69) is 67.8 Å². The first-order valence-corrected chi connectivity index (χ1v) is 30.3. The van der Waals surface area contributed by atoms with Gasteiger partial charge in [-0.2, -0.15) is 0 Å². The molecule has 394 valence electrons. The normalized spacial score (nSPS) is 13.1. The summed E-state index contributed by atoms with van der Waals surface area (Å²) < 4.78 is 0. The minimum Gasteiger partial charge on any atom is -0.394 e. The lowest BCUT2D eigenvalue weighted by molar-refractivity contribution is -0.123. The quantitative estimate of drug-likeness (QED) is 0.0420. The fraction of sp³-hybridized carbons (Fsp3) is 0.857. The Balaban J connectivity index is 3.43. The summed E-state index contributed by atoms with van der Waals surface area (Å²) in [6, 6.07) is -0.540. The van der Waals surface area contributed by atoms with E-state index in [1.807, 2.05) is 0 Å². The van der Waals surface area contributed by atoms with E-state index in [9.17, 15) is 15.0 Å². The lowest BCUT2D eigenvalue weighted by Crippen LogP contribution is -2.45. The second kappa shape index (κ2) is 58.7. The maximum absolute atomic E-state index is 12.5. The van der Waals surface area contributed by atoms with Gasteiger partial charge in [-0.1, -0.05) is 319 Å².